The summed E-state index contributed by atoms with van der Waals surface area (Å²) in [7, 11) is 0. The summed E-state index contributed by atoms with van der Waals surface area (Å²) in [5.74, 6) is 1.81. The van der Waals surface area contributed by atoms with Crippen molar-refractivity contribution in [1.82, 2.24) is 0 Å². The van der Waals surface area contributed by atoms with Gasteiger partial charge in [0.05, 0.1) is 11.7 Å². The fourth-order valence-corrected chi connectivity index (χ4v) is 3.89. The van der Waals surface area contributed by atoms with Crippen molar-refractivity contribution in [3.8, 4) is 0 Å². The lowest BCUT2D eigenvalue weighted by atomic mass is 10.1. The van der Waals surface area contributed by atoms with Gasteiger partial charge in [0.1, 0.15) is 0 Å². The highest BCUT2D eigenvalue weighted by Crippen LogP contribution is 2.22. The zero-order valence-electron chi connectivity index (χ0n) is 13.9. The quantitative estimate of drug-likeness (QED) is 0.618. The average molecular weight is 356 g/mol. The third kappa shape index (κ3) is 7.79. The number of benzene rings is 1. The molecule has 128 valence electrons. The maximum absolute atomic E-state index is 12.4. The van der Waals surface area contributed by atoms with Crippen LogP contribution in [0.1, 0.15) is 32.8 Å². The van der Waals surface area contributed by atoms with Crippen LogP contribution in [0.15, 0.2) is 24.3 Å². The smallest absolute Gasteiger partial charge is 0.304 e. The molecule has 0 aliphatic rings. The molecule has 0 saturated carbocycles. The van der Waals surface area contributed by atoms with Gasteiger partial charge < -0.3 is 10.4 Å². The van der Waals surface area contributed by atoms with Crippen molar-refractivity contribution >= 4 is 41.1 Å². The molecule has 1 unspecified atom stereocenters. The number of anilines is 1. The van der Waals surface area contributed by atoms with Crippen LogP contribution in [0.3, 0.4) is 0 Å². The number of nitrogens with one attached hydrogen (secondary N) is 1. The molecule has 1 amide bonds. The monoisotopic (exact) mass is 355 g/mol. The molecule has 0 saturated heterocycles. The van der Waals surface area contributed by atoms with Gasteiger partial charge in [0.15, 0.2) is 0 Å². The molecule has 1 aromatic rings. The molecule has 0 aromatic heterocycles. The molecule has 1 rings (SSSR count). The van der Waals surface area contributed by atoms with Crippen LogP contribution in [0.2, 0.25) is 0 Å². The number of hydrogen-bond acceptors (Lipinski definition) is 4. The zero-order valence-corrected chi connectivity index (χ0v) is 15.5. The minimum Gasteiger partial charge on any atom is -0.481 e. The Kier molecular flexibility index (Phi) is 9.17. The number of carboxylic acid groups (broad SMARTS) is 1. The number of hydrogen-bond donors (Lipinski definition) is 2. The molecule has 0 heterocycles. The summed E-state index contributed by atoms with van der Waals surface area (Å²) in [5.41, 5.74) is 1.89. The van der Waals surface area contributed by atoms with Gasteiger partial charge in [0.25, 0.3) is 0 Å². The van der Waals surface area contributed by atoms with Crippen LogP contribution in [0.25, 0.3) is 0 Å². The second-order valence-corrected chi connectivity index (χ2v) is 8.03. The van der Waals surface area contributed by atoms with E-state index in [1.165, 1.54) is 0 Å². The topological polar surface area (TPSA) is 66.4 Å². The molecule has 0 bridgehead atoms. The largest absolute Gasteiger partial charge is 0.481 e. The Bertz CT molecular complexity index is 520. The summed E-state index contributed by atoms with van der Waals surface area (Å²) in [6.45, 7) is 6.17. The molecule has 0 aliphatic heterocycles. The number of amides is 1. The minimum atomic E-state index is -0.772. The molecule has 1 aromatic carbocycles. The van der Waals surface area contributed by atoms with Crippen LogP contribution in [0.4, 0.5) is 5.69 Å². The molecular weight excluding hydrogens is 330 g/mol. The van der Waals surface area contributed by atoms with E-state index >= 15 is 0 Å². The van der Waals surface area contributed by atoms with Crippen molar-refractivity contribution in [2.75, 3.05) is 16.8 Å². The first kappa shape index (κ1) is 19.9. The third-order valence-electron chi connectivity index (χ3n) is 3.13. The Morgan fingerprint density at radius 2 is 2.04 bits per heavy atom. The van der Waals surface area contributed by atoms with E-state index in [1.54, 1.807) is 23.5 Å². The number of carboxylic acids is 1. The van der Waals surface area contributed by atoms with E-state index in [0.717, 1.165) is 22.8 Å². The Hall–Kier alpha value is -1.14. The van der Waals surface area contributed by atoms with E-state index in [4.69, 9.17) is 5.11 Å². The first-order valence-electron chi connectivity index (χ1n) is 7.75. The fraction of sp³-hybridized carbons (Fsp3) is 0.529. The first-order valence-corrected chi connectivity index (χ1v) is 9.95. The molecule has 4 nitrogen and oxygen atoms in total. The van der Waals surface area contributed by atoms with Crippen molar-refractivity contribution in [2.45, 2.75) is 38.2 Å². The highest BCUT2D eigenvalue weighted by Gasteiger charge is 2.21. The standard InChI is InChI=1S/C17H25NO3S2/c1-4-23-16(12(2)3)17(21)18-14-7-5-6-13(10-14)11-22-9-8-15(19)20/h5-7,10,12,16H,4,8-9,11H2,1-3H3,(H,18,21)(H,19,20). The second kappa shape index (κ2) is 10.6. The van der Waals surface area contributed by atoms with Crippen molar-refractivity contribution < 1.29 is 14.7 Å². The van der Waals surface area contributed by atoms with E-state index in [-0.39, 0.29) is 23.5 Å². The van der Waals surface area contributed by atoms with Gasteiger partial charge in [-0.15, -0.1) is 11.8 Å². The summed E-state index contributed by atoms with van der Waals surface area (Å²) in [6.07, 6.45) is 0.172. The molecular formula is C17H25NO3S2. The lowest BCUT2D eigenvalue weighted by Gasteiger charge is -2.19. The average Bonchev–Trinajstić information content (AvgIpc) is 2.49. The van der Waals surface area contributed by atoms with E-state index in [1.807, 2.05) is 24.3 Å². The first-order chi connectivity index (χ1) is 10.9. The van der Waals surface area contributed by atoms with Gasteiger partial charge >= 0.3 is 5.97 Å². The van der Waals surface area contributed by atoms with Crippen LogP contribution in [-0.2, 0) is 15.3 Å². The van der Waals surface area contributed by atoms with Crippen LogP contribution in [0, 0.1) is 5.92 Å². The normalized spacial score (nSPS) is 12.2. The number of thioether (sulfide) groups is 2. The second-order valence-electron chi connectivity index (χ2n) is 5.51. The van der Waals surface area contributed by atoms with Crippen LogP contribution in [0.5, 0.6) is 0 Å². The maximum Gasteiger partial charge on any atom is 0.304 e. The van der Waals surface area contributed by atoms with Crippen LogP contribution in [-0.4, -0.2) is 33.7 Å². The molecule has 2 N–H and O–H groups in total. The van der Waals surface area contributed by atoms with E-state index in [2.05, 4.69) is 26.1 Å². The van der Waals surface area contributed by atoms with Gasteiger partial charge in [-0.3, -0.25) is 9.59 Å². The van der Waals surface area contributed by atoms with Crippen LogP contribution >= 0.6 is 23.5 Å². The number of rotatable bonds is 10. The molecule has 0 spiro atoms. The Morgan fingerprint density at radius 3 is 2.65 bits per heavy atom. The summed E-state index contributed by atoms with van der Waals surface area (Å²) >= 11 is 3.25. The van der Waals surface area contributed by atoms with Gasteiger partial charge in [-0.2, -0.15) is 11.8 Å². The predicted octanol–water partition coefficient (Wildman–Crippen LogP) is 4.11. The van der Waals surface area contributed by atoms with Gasteiger partial charge in [-0.1, -0.05) is 32.9 Å². The molecule has 6 heteroatoms. The van der Waals surface area contributed by atoms with Gasteiger partial charge in [-0.05, 0) is 29.4 Å². The summed E-state index contributed by atoms with van der Waals surface area (Å²) in [5, 5.41) is 11.6. The van der Waals surface area contributed by atoms with E-state index in [0.29, 0.717) is 5.75 Å². The SMILES string of the molecule is CCSC(C(=O)Nc1cccc(CSCCC(=O)O)c1)C(C)C. The summed E-state index contributed by atoms with van der Waals surface area (Å²) < 4.78 is 0. The fourth-order valence-electron chi connectivity index (χ4n) is 2.05. The summed E-state index contributed by atoms with van der Waals surface area (Å²) in [6, 6.07) is 7.75. The highest BCUT2D eigenvalue weighted by molar-refractivity contribution is 8.00. The Balaban J connectivity index is 2.58. The highest BCUT2D eigenvalue weighted by atomic mass is 32.2. The third-order valence-corrected chi connectivity index (χ3v) is 5.61. The lowest BCUT2D eigenvalue weighted by molar-refractivity contribution is -0.136. The van der Waals surface area contributed by atoms with Crippen LogP contribution < -0.4 is 5.32 Å². The van der Waals surface area contributed by atoms with Crippen molar-refractivity contribution in [3.05, 3.63) is 29.8 Å². The Morgan fingerprint density at radius 1 is 1.30 bits per heavy atom. The van der Waals surface area contributed by atoms with Gasteiger partial charge in [0.2, 0.25) is 5.91 Å². The van der Waals surface area contributed by atoms with Crippen molar-refractivity contribution in [3.63, 3.8) is 0 Å². The Labute approximate surface area is 146 Å². The van der Waals surface area contributed by atoms with E-state index in [9.17, 15) is 9.59 Å². The van der Waals surface area contributed by atoms with Crippen molar-refractivity contribution in [2.24, 2.45) is 5.92 Å². The predicted molar refractivity (Wildman–Crippen MR) is 100 cm³/mol. The maximum atomic E-state index is 12.4. The van der Waals surface area contributed by atoms with Crippen molar-refractivity contribution in [1.29, 1.82) is 0 Å². The molecule has 0 radical (unpaired) electrons. The van der Waals surface area contributed by atoms with Gasteiger partial charge in [-0.25, -0.2) is 0 Å². The number of carbonyl (C=O) groups excluding carboxylic acids is 1. The molecule has 0 aliphatic carbocycles. The van der Waals surface area contributed by atoms with E-state index < -0.39 is 5.97 Å². The minimum absolute atomic E-state index is 0.0440. The number of aliphatic carboxylic acids is 1. The molecule has 1 atom stereocenters. The lowest BCUT2D eigenvalue weighted by Crippen LogP contribution is -2.29. The molecule has 0 fully saturated rings. The summed E-state index contributed by atoms with van der Waals surface area (Å²) in [4.78, 5) is 22.9. The molecule has 23 heavy (non-hydrogen) atoms. The number of carbonyl (C=O) groups is 2. The zero-order chi connectivity index (χ0) is 17.2. The van der Waals surface area contributed by atoms with Gasteiger partial charge in [0, 0.05) is 17.2 Å².